The van der Waals surface area contributed by atoms with Gasteiger partial charge in [-0.2, -0.15) is 0 Å². The van der Waals surface area contributed by atoms with Gasteiger partial charge < -0.3 is 0 Å². The summed E-state index contributed by atoms with van der Waals surface area (Å²) in [5.74, 6) is 0. The van der Waals surface area contributed by atoms with Crippen LogP contribution in [0.15, 0.2) is 12.7 Å². The lowest BCUT2D eigenvalue weighted by Gasteiger charge is -1.71. The van der Waals surface area contributed by atoms with Gasteiger partial charge in [0.15, 0.2) is 0 Å². The van der Waals surface area contributed by atoms with Crippen molar-refractivity contribution in [1.29, 1.82) is 0 Å². The zero-order chi connectivity index (χ0) is 4.12. The molecule has 0 amide bonds. The first-order valence-electron chi connectivity index (χ1n) is 1.58. The summed E-state index contributed by atoms with van der Waals surface area (Å²) in [4.78, 5) is 0. The number of hydrogen-bond donors (Lipinski definition) is 0. The zero-order valence-electron chi connectivity index (χ0n) is 3.08. The van der Waals surface area contributed by atoms with Gasteiger partial charge >= 0.3 is 0 Å². The van der Waals surface area contributed by atoms with E-state index in [4.69, 9.17) is 0 Å². The van der Waals surface area contributed by atoms with Crippen LogP contribution < -0.4 is 0 Å². The summed E-state index contributed by atoms with van der Waals surface area (Å²) < 4.78 is 0. The summed E-state index contributed by atoms with van der Waals surface area (Å²) >= 11 is 3.24. The second-order valence-electron chi connectivity index (χ2n) is 0.766. The van der Waals surface area contributed by atoms with E-state index in [1.54, 1.807) is 0 Å². The summed E-state index contributed by atoms with van der Waals surface area (Å²) in [5.41, 5.74) is 0. The maximum Gasteiger partial charge on any atom is 0.00658 e. The minimum absolute atomic E-state index is 1.04. The average molecular weight is 139 g/mol. The van der Waals surface area contributed by atoms with Crippen LogP contribution in [-0.2, 0) is 0 Å². The van der Waals surface area contributed by atoms with Gasteiger partial charge in [0.05, 0.1) is 0 Å². The monoisotopic (exact) mass is 138 g/mol. The molecule has 0 aromatic heterocycles. The Balaban J connectivity index is 2.40. The van der Waals surface area contributed by atoms with E-state index in [0.717, 1.165) is 11.8 Å². The Morgan fingerprint density at radius 3 is 2.40 bits per heavy atom. The highest BCUT2D eigenvalue weighted by atomic mass is 79.9. The van der Waals surface area contributed by atoms with Gasteiger partial charge in [-0.25, -0.2) is 0 Å². The molecule has 0 atom stereocenters. The Labute approximate surface area is 41.0 Å². The Hall–Kier alpha value is 0.220. The van der Waals surface area contributed by atoms with E-state index in [-0.39, 0.29) is 0 Å². The van der Waals surface area contributed by atoms with Gasteiger partial charge in [-0.3, -0.25) is 0 Å². The van der Waals surface area contributed by atoms with E-state index in [1.165, 1.54) is 0 Å². The second kappa shape index (κ2) is 4.22. The van der Waals surface area contributed by atoms with Gasteiger partial charge in [-0.15, -0.1) is 6.58 Å². The van der Waals surface area contributed by atoms with E-state index in [2.05, 4.69) is 22.5 Å². The van der Waals surface area contributed by atoms with Crippen molar-refractivity contribution in [2.45, 2.75) is 6.42 Å². The summed E-state index contributed by atoms with van der Waals surface area (Å²) in [6, 6.07) is 0. The van der Waals surface area contributed by atoms with Crippen molar-refractivity contribution < 1.29 is 0 Å². The van der Waals surface area contributed by atoms with Gasteiger partial charge in [0, 0.05) is 5.33 Å². The molecule has 30 valence electrons. The van der Waals surface area contributed by atoms with Crippen LogP contribution in [0.1, 0.15) is 6.42 Å². The Kier molecular flexibility index (Phi) is 4.41. The van der Waals surface area contributed by atoms with Crippen molar-refractivity contribution in [3.05, 3.63) is 12.7 Å². The van der Waals surface area contributed by atoms with Crippen LogP contribution in [0.25, 0.3) is 0 Å². The molecule has 0 unspecified atom stereocenters. The number of halogens is 1. The molecule has 0 aliphatic carbocycles. The van der Waals surface area contributed by atoms with E-state index in [0.29, 0.717) is 0 Å². The number of alkyl halides is 1. The molecule has 0 spiro atoms. The van der Waals surface area contributed by atoms with Crippen molar-refractivity contribution in [1.82, 2.24) is 0 Å². The van der Waals surface area contributed by atoms with Crippen LogP contribution in [-0.4, -0.2) is 5.33 Å². The largest absolute Gasteiger partial charge is 0.103 e. The Bertz CT molecular complexity index is 24.8. The van der Waals surface area contributed by atoms with Crippen molar-refractivity contribution >= 4 is 15.9 Å². The third kappa shape index (κ3) is 4.22. The molecule has 0 radical (unpaired) electrons. The predicted octanol–water partition coefficient (Wildman–Crippen LogP) is 1.96. The van der Waals surface area contributed by atoms with Gasteiger partial charge in [-0.1, -0.05) is 22.0 Å². The SMILES string of the molecule is [13CH2]=[13CH][13CH2][13CH2]Br. The Morgan fingerprint density at radius 2 is 2.40 bits per heavy atom. The molecule has 0 N–H and O–H groups in total. The molecule has 0 bridgehead atoms. The summed E-state index contributed by atoms with van der Waals surface area (Å²) in [7, 11) is 0. The zero-order valence-corrected chi connectivity index (χ0v) is 4.66. The molecular formula is C4H7Br. The van der Waals surface area contributed by atoms with E-state index < -0.39 is 0 Å². The molecule has 5 heavy (non-hydrogen) atoms. The third-order valence-electron chi connectivity index (χ3n) is 0.313. The highest BCUT2D eigenvalue weighted by Gasteiger charge is 1.63. The minimum atomic E-state index is 1.04. The lowest BCUT2D eigenvalue weighted by Crippen LogP contribution is -1.58. The third-order valence-corrected chi connectivity index (χ3v) is 0.771. The number of rotatable bonds is 2. The quantitative estimate of drug-likeness (QED) is 0.311. The van der Waals surface area contributed by atoms with Crippen LogP contribution in [0.3, 0.4) is 0 Å². The topological polar surface area (TPSA) is 0 Å². The van der Waals surface area contributed by atoms with E-state index in [1.807, 2.05) is 6.08 Å². The molecule has 0 nitrogen and oxygen atoms in total. The first kappa shape index (κ1) is 5.22. The highest BCUT2D eigenvalue weighted by molar-refractivity contribution is 9.09. The smallest absolute Gasteiger partial charge is 0.00658 e. The molecule has 0 aromatic carbocycles. The van der Waals surface area contributed by atoms with Gasteiger partial charge in [0.2, 0.25) is 0 Å². The second-order valence-corrected chi connectivity index (χ2v) is 1.56. The van der Waals surface area contributed by atoms with Crippen LogP contribution in [0.5, 0.6) is 0 Å². The lowest BCUT2D eigenvalue weighted by molar-refractivity contribution is 1.27. The van der Waals surface area contributed by atoms with Gasteiger partial charge in [-0.05, 0) is 6.42 Å². The van der Waals surface area contributed by atoms with Crippen molar-refractivity contribution in [2.75, 3.05) is 5.33 Å². The first-order valence-corrected chi connectivity index (χ1v) is 2.71. The van der Waals surface area contributed by atoms with Crippen LogP contribution in [0.2, 0.25) is 0 Å². The number of allylic oxidation sites excluding steroid dienone is 1. The fraction of sp³-hybridized carbons (Fsp3) is 0.500. The molecule has 0 rings (SSSR count). The lowest BCUT2D eigenvalue weighted by atomic mass is 11.5. The van der Waals surface area contributed by atoms with Gasteiger partial charge in [0.1, 0.15) is 0 Å². The number of hydrogen-bond acceptors (Lipinski definition) is 0. The standard InChI is InChI=1S/C4H7Br/c1-2-3-4-5/h2H,1,3-4H2/i1+1,2+1,3+1,4+1. The molecule has 0 aromatic rings. The summed E-state index contributed by atoms with van der Waals surface area (Å²) in [6.07, 6.45) is 2.95. The first-order chi connectivity index (χ1) is 2.41. The average Bonchev–Trinajstić information content (AvgIpc) is 1.41. The normalized spacial score (nSPS) is 7.40. The minimum Gasteiger partial charge on any atom is -0.103 e. The van der Waals surface area contributed by atoms with E-state index in [9.17, 15) is 0 Å². The fourth-order valence-corrected chi connectivity index (χ4v) is 0.401. The molecule has 0 saturated heterocycles. The maximum absolute atomic E-state index is 3.52. The predicted molar refractivity (Wildman–Crippen MR) is 28.6 cm³/mol. The highest BCUT2D eigenvalue weighted by Crippen LogP contribution is 1.84. The maximum atomic E-state index is 3.52. The molecule has 1 heteroatoms. The molecule has 0 fully saturated rings. The molecule has 0 saturated carbocycles. The Morgan fingerprint density at radius 1 is 1.80 bits per heavy atom. The van der Waals surface area contributed by atoms with Crippen LogP contribution in [0, 0.1) is 0 Å². The molecule has 0 aliphatic rings. The molecule has 0 heterocycles. The van der Waals surface area contributed by atoms with E-state index >= 15 is 0 Å². The fourth-order valence-electron chi connectivity index (χ4n) is 0.0772. The van der Waals surface area contributed by atoms with Crippen molar-refractivity contribution in [3.63, 3.8) is 0 Å². The molecule has 0 aliphatic heterocycles. The van der Waals surface area contributed by atoms with Gasteiger partial charge in [0.25, 0.3) is 0 Å². The summed E-state index contributed by atoms with van der Waals surface area (Å²) in [5, 5.41) is 1.04. The summed E-state index contributed by atoms with van der Waals surface area (Å²) in [6.45, 7) is 3.52. The van der Waals surface area contributed by atoms with Crippen LogP contribution >= 0.6 is 15.9 Å². The van der Waals surface area contributed by atoms with Crippen molar-refractivity contribution in [2.24, 2.45) is 0 Å². The molecular weight excluding hydrogens is 132 g/mol. The van der Waals surface area contributed by atoms with Crippen molar-refractivity contribution in [3.8, 4) is 0 Å². The van der Waals surface area contributed by atoms with Crippen LogP contribution in [0.4, 0.5) is 0 Å².